The number of hydrogen-bond acceptors (Lipinski definition) is 4. The molecule has 0 unspecified atom stereocenters. The number of amides is 1. The minimum absolute atomic E-state index is 0.129. The van der Waals surface area contributed by atoms with Crippen LogP contribution in [0.15, 0.2) is 39.8 Å². The first-order valence-corrected chi connectivity index (χ1v) is 9.74. The van der Waals surface area contributed by atoms with Crippen LogP contribution in [0.1, 0.15) is 40.3 Å². The Morgan fingerprint density at radius 3 is 2.54 bits per heavy atom. The molecule has 0 N–H and O–H groups in total. The van der Waals surface area contributed by atoms with Gasteiger partial charge in [-0.1, -0.05) is 0 Å². The molecule has 2 aromatic heterocycles. The number of hydrogen-bond donors (Lipinski definition) is 0. The Morgan fingerprint density at radius 1 is 1.14 bits per heavy atom. The van der Waals surface area contributed by atoms with Crippen LogP contribution in [0, 0.1) is 26.7 Å². The van der Waals surface area contributed by atoms with Gasteiger partial charge < -0.3 is 13.9 Å². The van der Waals surface area contributed by atoms with Crippen molar-refractivity contribution in [2.75, 3.05) is 13.1 Å². The maximum atomic E-state index is 12.9. The summed E-state index contributed by atoms with van der Waals surface area (Å²) in [5.74, 6) is 1.47. The van der Waals surface area contributed by atoms with Crippen LogP contribution in [0.4, 0.5) is 0 Å². The third kappa shape index (κ3) is 3.46. The Hall–Kier alpha value is -2.89. The van der Waals surface area contributed by atoms with Crippen molar-refractivity contribution < 1.29 is 9.21 Å². The number of carbonyl (C=O) groups excluding carboxylic acids is 1. The minimum atomic E-state index is -0.200. The van der Waals surface area contributed by atoms with E-state index in [1.54, 1.807) is 4.90 Å². The van der Waals surface area contributed by atoms with Crippen LogP contribution in [0.25, 0.3) is 11.0 Å². The van der Waals surface area contributed by atoms with Crippen LogP contribution in [0.5, 0.6) is 0 Å². The Morgan fingerprint density at radius 2 is 1.86 bits per heavy atom. The predicted molar refractivity (Wildman–Crippen MR) is 108 cm³/mol. The zero-order valence-electron chi connectivity index (χ0n) is 16.6. The zero-order valence-corrected chi connectivity index (χ0v) is 16.6. The highest BCUT2D eigenvalue weighted by Crippen LogP contribution is 2.23. The molecule has 3 aromatic rings. The van der Waals surface area contributed by atoms with Gasteiger partial charge in [0.2, 0.25) is 0 Å². The van der Waals surface area contributed by atoms with Crippen LogP contribution in [-0.4, -0.2) is 33.4 Å². The molecule has 1 aliphatic heterocycles. The van der Waals surface area contributed by atoms with Crippen LogP contribution >= 0.6 is 0 Å². The normalized spacial score (nSPS) is 15.3. The van der Waals surface area contributed by atoms with Crippen molar-refractivity contribution in [3.8, 4) is 0 Å². The van der Waals surface area contributed by atoms with Crippen molar-refractivity contribution in [1.29, 1.82) is 0 Å². The number of carbonyl (C=O) groups is 1. The number of aryl methyl sites for hydroxylation is 3. The van der Waals surface area contributed by atoms with Gasteiger partial charge >= 0.3 is 0 Å². The summed E-state index contributed by atoms with van der Waals surface area (Å²) in [6, 6.07) is 5.00. The fourth-order valence-corrected chi connectivity index (χ4v) is 3.87. The van der Waals surface area contributed by atoms with Gasteiger partial charge in [-0.3, -0.25) is 9.59 Å². The second-order valence-corrected chi connectivity index (χ2v) is 7.77. The summed E-state index contributed by atoms with van der Waals surface area (Å²) >= 11 is 0. The maximum Gasteiger partial charge on any atom is 0.289 e. The third-order valence-corrected chi connectivity index (χ3v) is 5.83. The number of fused-ring (bicyclic) bond motifs is 1. The number of rotatable bonds is 3. The molecular formula is C22H25N3O3. The molecule has 1 aliphatic rings. The number of piperidine rings is 1. The van der Waals surface area contributed by atoms with E-state index in [0.717, 1.165) is 36.3 Å². The monoisotopic (exact) mass is 379 g/mol. The SMILES string of the molecule is Cc1cc2oc(C(=O)N3CCC(Cn4ccnc4C)CC3)cc(=O)c2cc1C. The molecule has 1 aromatic carbocycles. The molecule has 0 saturated carbocycles. The first-order chi connectivity index (χ1) is 13.4. The second kappa shape index (κ2) is 7.26. The molecule has 0 bridgehead atoms. The Labute approximate surface area is 163 Å². The van der Waals surface area contributed by atoms with Gasteiger partial charge in [-0.15, -0.1) is 0 Å². The summed E-state index contributed by atoms with van der Waals surface area (Å²) < 4.78 is 7.98. The molecule has 6 heteroatoms. The van der Waals surface area contributed by atoms with Gasteiger partial charge in [-0.05, 0) is 62.8 Å². The average Bonchev–Trinajstić information content (AvgIpc) is 3.08. The summed E-state index contributed by atoms with van der Waals surface area (Å²) in [6.07, 6.45) is 5.68. The Kier molecular flexibility index (Phi) is 4.79. The van der Waals surface area contributed by atoms with E-state index >= 15 is 0 Å². The molecule has 0 aliphatic carbocycles. The molecule has 28 heavy (non-hydrogen) atoms. The van der Waals surface area contributed by atoms with E-state index in [9.17, 15) is 9.59 Å². The number of imidazole rings is 1. The van der Waals surface area contributed by atoms with E-state index in [0.29, 0.717) is 30.0 Å². The fraction of sp³-hybridized carbons (Fsp3) is 0.409. The van der Waals surface area contributed by atoms with Gasteiger partial charge in [0.25, 0.3) is 5.91 Å². The van der Waals surface area contributed by atoms with E-state index < -0.39 is 0 Å². The summed E-state index contributed by atoms with van der Waals surface area (Å²) in [5.41, 5.74) is 2.38. The van der Waals surface area contributed by atoms with Crippen molar-refractivity contribution in [1.82, 2.24) is 14.5 Å². The molecule has 1 fully saturated rings. The average molecular weight is 379 g/mol. The number of benzene rings is 1. The van der Waals surface area contributed by atoms with Gasteiger partial charge in [-0.2, -0.15) is 0 Å². The highest BCUT2D eigenvalue weighted by Gasteiger charge is 2.26. The topological polar surface area (TPSA) is 68.3 Å². The molecule has 1 saturated heterocycles. The lowest BCUT2D eigenvalue weighted by atomic mass is 9.96. The summed E-state index contributed by atoms with van der Waals surface area (Å²) in [7, 11) is 0. The fourth-order valence-electron chi connectivity index (χ4n) is 3.87. The molecule has 0 atom stereocenters. The van der Waals surface area contributed by atoms with Crippen LogP contribution in [0.3, 0.4) is 0 Å². The summed E-state index contributed by atoms with van der Waals surface area (Å²) in [6.45, 7) is 8.21. The quantitative estimate of drug-likeness (QED) is 0.699. The minimum Gasteiger partial charge on any atom is -0.451 e. The molecule has 6 nitrogen and oxygen atoms in total. The van der Waals surface area contributed by atoms with Crippen molar-refractivity contribution in [3.63, 3.8) is 0 Å². The van der Waals surface area contributed by atoms with Gasteiger partial charge in [0.05, 0.1) is 5.39 Å². The van der Waals surface area contributed by atoms with Gasteiger partial charge in [0.15, 0.2) is 11.2 Å². The van der Waals surface area contributed by atoms with Crippen LogP contribution in [0.2, 0.25) is 0 Å². The number of likely N-dealkylation sites (tertiary alicyclic amines) is 1. The smallest absolute Gasteiger partial charge is 0.289 e. The van der Waals surface area contributed by atoms with Crippen molar-refractivity contribution in [2.24, 2.45) is 5.92 Å². The van der Waals surface area contributed by atoms with E-state index in [2.05, 4.69) is 9.55 Å². The lowest BCUT2D eigenvalue weighted by Crippen LogP contribution is -2.39. The standard InChI is InChI=1S/C22H25N3O3/c1-14-10-18-19(26)12-21(28-20(18)11-15(14)2)22(27)24-7-4-17(5-8-24)13-25-9-6-23-16(25)3/h6,9-12,17H,4-5,7-8,13H2,1-3H3. The van der Waals surface area contributed by atoms with Crippen LogP contribution < -0.4 is 5.43 Å². The molecule has 1 amide bonds. The molecule has 4 rings (SSSR count). The van der Waals surface area contributed by atoms with Gasteiger partial charge in [0, 0.05) is 38.1 Å². The Bertz CT molecular complexity index is 1090. The van der Waals surface area contributed by atoms with Gasteiger partial charge in [-0.25, -0.2) is 4.98 Å². The van der Waals surface area contributed by atoms with Crippen molar-refractivity contribution in [3.05, 3.63) is 63.5 Å². The lowest BCUT2D eigenvalue weighted by molar-refractivity contribution is 0.0651. The third-order valence-electron chi connectivity index (χ3n) is 5.83. The first kappa shape index (κ1) is 18.5. The highest BCUT2D eigenvalue weighted by atomic mass is 16.3. The number of aromatic nitrogens is 2. The summed E-state index contributed by atoms with van der Waals surface area (Å²) in [4.78, 5) is 31.4. The van der Waals surface area contributed by atoms with Crippen molar-refractivity contribution >= 4 is 16.9 Å². The Balaban J connectivity index is 1.49. The summed E-state index contributed by atoms with van der Waals surface area (Å²) in [5, 5.41) is 0.522. The molecular weight excluding hydrogens is 354 g/mol. The maximum absolute atomic E-state index is 12.9. The predicted octanol–water partition coefficient (Wildman–Crippen LogP) is 3.47. The highest BCUT2D eigenvalue weighted by molar-refractivity contribution is 5.93. The number of nitrogens with zero attached hydrogens (tertiary/aromatic N) is 3. The van der Waals surface area contributed by atoms with E-state index in [1.807, 2.05) is 45.3 Å². The zero-order chi connectivity index (χ0) is 19.8. The van der Waals surface area contributed by atoms with Gasteiger partial charge in [0.1, 0.15) is 11.4 Å². The lowest BCUT2D eigenvalue weighted by Gasteiger charge is -2.32. The van der Waals surface area contributed by atoms with Crippen LogP contribution in [-0.2, 0) is 6.54 Å². The van der Waals surface area contributed by atoms with E-state index in [4.69, 9.17) is 4.42 Å². The van der Waals surface area contributed by atoms with E-state index in [-0.39, 0.29) is 17.1 Å². The molecule has 146 valence electrons. The molecule has 0 spiro atoms. The largest absolute Gasteiger partial charge is 0.451 e. The molecule has 0 radical (unpaired) electrons. The van der Waals surface area contributed by atoms with E-state index in [1.165, 1.54) is 6.07 Å². The van der Waals surface area contributed by atoms with Crippen molar-refractivity contribution in [2.45, 2.75) is 40.2 Å². The first-order valence-electron chi connectivity index (χ1n) is 9.74. The second-order valence-electron chi connectivity index (χ2n) is 7.77. The molecule has 3 heterocycles.